The average Bonchev–Trinajstić information content (AvgIpc) is 2.55. The van der Waals surface area contributed by atoms with Gasteiger partial charge in [-0.05, 0) is 29.7 Å². The number of nitrogens with one attached hydrogen (secondary N) is 1. The number of benzene rings is 1. The summed E-state index contributed by atoms with van der Waals surface area (Å²) in [6, 6.07) is 12.5. The van der Waals surface area contributed by atoms with Gasteiger partial charge in [0, 0.05) is 19.0 Å². The SMILES string of the molecule is CC(C)C(=O)Nc1ccc(N2CCc3ccccc3C2)cn1. The summed E-state index contributed by atoms with van der Waals surface area (Å²) in [6.45, 7) is 5.65. The van der Waals surface area contributed by atoms with Crippen molar-refractivity contribution in [1.29, 1.82) is 0 Å². The highest BCUT2D eigenvalue weighted by molar-refractivity contribution is 5.91. The van der Waals surface area contributed by atoms with Gasteiger partial charge in [0.2, 0.25) is 5.91 Å². The normalized spacial score (nSPS) is 13.9. The minimum atomic E-state index is -0.0416. The molecule has 0 radical (unpaired) electrons. The molecule has 22 heavy (non-hydrogen) atoms. The summed E-state index contributed by atoms with van der Waals surface area (Å²) in [7, 11) is 0. The molecule has 0 saturated heterocycles. The molecule has 0 bridgehead atoms. The Bertz CT molecular complexity index is 664. The summed E-state index contributed by atoms with van der Waals surface area (Å²) in [6.07, 6.45) is 2.89. The Hall–Kier alpha value is -2.36. The first-order chi connectivity index (χ1) is 10.6. The molecule has 0 fully saturated rings. The van der Waals surface area contributed by atoms with Gasteiger partial charge >= 0.3 is 0 Å². The van der Waals surface area contributed by atoms with Gasteiger partial charge < -0.3 is 10.2 Å². The lowest BCUT2D eigenvalue weighted by molar-refractivity contribution is -0.118. The molecule has 1 aliphatic heterocycles. The molecule has 2 heterocycles. The molecule has 0 unspecified atom stereocenters. The monoisotopic (exact) mass is 295 g/mol. The molecular formula is C18H21N3O. The number of aromatic nitrogens is 1. The van der Waals surface area contributed by atoms with Gasteiger partial charge in [0.15, 0.2) is 0 Å². The number of hydrogen-bond acceptors (Lipinski definition) is 3. The third-order valence-electron chi connectivity index (χ3n) is 4.02. The predicted molar refractivity (Wildman–Crippen MR) is 88.9 cm³/mol. The molecule has 1 aliphatic rings. The van der Waals surface area contributed by atoms with Crippen molar-refractivity contribution in [2.24, 2.45) is 5.92 Å². The number of nitrogens with zero attached hydrogens (tertiary/aromatic N) is 2. The minimum absolute atomic E-state index is 0.00727. The average molecular weight is 295 g/mol. The van der Waals surface area contributed by atoms with Crippen LogP contribution in [0.25, 0.3) is 0 Å². The van der Waals surface area contributed by atoms with Gasteiger partial charge in [-0.15, -0.1) is 0 Å². The molecular weight excluding hydrogens is 274 g/mol. The highest BCUT2D eigenvalue weighted by Gasteiger charge is 2.16. The predicted octanol–water partition coefficient (Wildman–Crippen LogP) is 3.24. The van der Waals surface area contributed by atoms with Crippen molar-refractivity contribution >= 4 is 17.4 Å². The van der Waals surface area contributed by atoms with Crippen LogP contribution in [0.15, 0.2) is 42.6 Å². The summed E-state index contributed by atoms with van der Waals surface area (Å²) in [5, 5.41) is 2.82. The Balaban J connectivity index is 1.70. The number of pyridine rings is 1. The molecule has 0 aliphatic carbocycles. The number of carbonyl (C=O) groups excluding carboxylic acids is 1. The summed E-state index contributed by atoms with van der Waals surface area (Å²) in [5.74, 6) is 0.562. The topological polar surface area (TPSA) is 45.2 Å². The summed E-state index contributed by atoms with van der Waals surface area (Å²) in [4.78, 5) is 18.4. The van der Waals surface area contributed by atoms with Crippen LogP contribution in [0, 0.1) is 5.92 Å². The van der Waals surface area contributed by atoms with Crippen LogP contribution in [-0.2, 0) is 17.8 Å². The van der Waals surface area contributed by atoms with E-state index in [1.54, 1.807) is 0 Å². The van der Waals surface area contributed by atoms with E-state index < -0.39 is 0 Å². The van der Waals surface area contributed by atoms with Crippen molar-refractivity contribution in [3.05, 3.63) is 53.7 Å². The van der Waals surface area contributed by atoms with Crippen molar-refractivity contribution in [1.82, 2.24) is 4.98 Å². The van der Waals surface area contributed by atoms with E-state index in [0.29, 0.717) is 5.82 Å². The third-order valence-corrected chi connectivity index (χ3v) is 4.02. The van der Waals surface area contributed by atoms with Gasteiger partial charge in [0.25, 0.3) is 0 Å². The Morgan fingerprint density at radius 2 is 1.95 bits per heavy atom. The zero-order valence-corrected chi connectivity index (χ0v) is 13.0. The number of rotatable bonds is 3. The van der Waals surface area contributed by atoms with E-state index in [1.165, 1.54) is 11.1 Å². The Morgan fingerprint density at radius 1 is 1.18 bits per heavy atom. The summed E-state index contributed by atoms with van der Waals surface area (Å²) >= 11 is 0. The second-order valence-electron chi connectivity index (χ2n) is 5.99. The van der Waals surface area contributed by atoms with E-state index in [4.69, 9.17) is 0 Å². The van der Waals surface area contributed by atoms with Crippen LogP contribution in [0.3, 0.4) is 0 Å². The van der Waals surface area contributed by atoms with Crippen LogP contribution in [0.2, 0.25) is 0 Å². The van der Waals surface area contributed by atoms with E-state index in [1.807, 2.05) is 32.2 Å². The molecule has 2 aromatic rings. The fraction of sp³-hybridized carbons (Fsp3) is 0.333. The van der Waals surface area contributed by atoms with Gasteiger partial charge in [-0.2, -0.15) is 0 Å². The molecule has 1 aromatic carbocycles. The lowest BCUT2D eigenvalue weighted by atomic mass is 10.00. The van der Waals surface area contributed by atoms with Gasteiger partial charge in [-0.1, -0.05) is 38.1 Å². The molecule has 3 rings (SSSR count). The number of anilines is 2. The van der Waals surface area contributed by atoms with Crippen LogP contribution in [-0.4, -0.2) is 17.4 Å². The molecule has 0 saturated carbocycles. The Morgan fingerprint density at radius 3 is 2.64 bits per heavy atom. The van der Waals surface area contributed by atoms with Crippen molar-refractivity contribution in [2.75, 3.05) is 16.8 Å². The van der Waals surface area contributed by atoms with Gasteiger partial charge in [-0.3, -0.25) is 4.79 Å². The maximum absolute atomic E-state index is 11.7. The van der Waals surface area contributed by atoms with Crippen LogP contribution < -0.4 is 10.2 Å². The zero-order valence-electron chi connectivity index (χ0n) is 13.0. The molecule has 0 spiro atoms. The zero-order chi connectivity index (χ0) is 15.5. The van der Waals surface area contributed by atoms with Crippen molar-refractivity contribution in [2.45, 2.75) is 26.8 Å². The largest absolute Gasteiger partial charge is 0.366 e. The van der Waals surface area contributed by atoms with E-state index in [9.17, 15) is 4.79 Å². The summed E-state index contributed by atoms with van der Waals surface area (Å²) in [5.41, 5.74) is 3.91. The Labute approximate surface area is 131 Å². The molecule has 0 atom stereocenters. The van der Waals surface area contributed by atoms with E-state index in [2.05, 4.69) is 39.5 Å². The Kier molecular flexibility index (Phi) is 4.09. The number of carbonyl (C=O) groups is 1. The van der Waals surface area contributed by atoms with E-state index in [0.717, 1.165) is 25.2 Å². The second-order valence-corrected chi connectivity index (χ2v) is 5.99. The van der Waals surface area contributed by atoms with E-state index >= 15 is 0 Å². The van der Waals surface area contributed by atoms with Crippen molar-refractivity contribution in [3.63, 3.8) is 0 Å². The first-order valence-corrected chi connectivity index (χ1v) is 7.72. The molecule has 4 nitrogen and oxygen atoms in total. The van der Waals surface area contributed by atoms with Crippen LogP contribution >= 0.6 is 0 Å². The maximum atomic E-state index is 11.7. The fourth-order valence-electron chi connectivity index (χ4n) is 2.63. The number of amides is 1. The number of fused-ring (bicyclic) bond motifs is 1. The fourth-order valence-corrected chi connectivity index (χ4v) is 2.63. The van der Waals surface area contributed by atoms with Gasteiger partial charge in [0.1, 0.15) is 5.82 Å². The number of hydrogen-bond donors (Lipinski definition) is 1. The highest BCUT2D eigenvalue weighted by Crippen LogP contribution is 2.24. The first-order valence-electron chi connectivity index (χ1n) is 7.72. The quantitative estimate of drug-likeness (QED) is 0.945. The highest BCUT2D eigenvalue weighted by atomic mass is 16.1. The van der Waals surface area contributed by atoms with Crippen molar-refractivity contribution < 1.29 is 4.79 Å². The molecule has 114 valence electrons. The third kappa shape index (κ3) is 3.11. The van der Waals surface area contributed by atoms with Gasteiger partial charge in [0.05, 0.1) is 11.9 Å². The molecule has 1 N–H and O–H groups in total. The lowest BCUT2D eigenvalue weighted by Crippen LogP contribution is -2.30. The molecule has 1 aromatic heterocycles. The maximum Gasteiger partial charge on any atom is 0.228 e. The first kappa shape index (κ1) is 14.6. The smallest absolute Gasteiger partial charge is 0.228 e. The lowest BCUT2D eigenvalue weighted by Gasteiger charge is -2.30. The second kappa shape index (κ2) is 6.18. The van der Waals surface area contributed by atoms with E-state index in [-0.39, 0.29) is 11.8 Å². The minimum Gasteiger partial charge on any atom is -0.366 e. The summed E-state index contributed by atoms with van der Waals surface area (Å²) < 4.78 is 0. The van der Waals surface area contributed by atoms with Crippen molar-refractivity contribution in [3.8, 4) is 0 Å². The molecule has 4 heteroatoms. The standard InChI is InChI=1S/C18H21N3O/c1-13(2)18(22)20-17-8-7-16(11-19-17)21-10-9-14-5-3-4-6-15(14)12-21/h3-8,11,13H,9-10,12H2,1-2H3,(H,19,20,22). The van der Waals surface area contributed by atoms with Crippen LogP contribution in [0.1, 0.15) is 25.0 Å². The van der Waals surface area contributed by atoms with Crippen LogP contribution in [0.4, 0.5) is 11.5 Å². The van der Waals surface area contributed by atoms with Gasteiger partial charge in [-0.25, -0.2) is 4.98 Å². The van der Waals surface area contributed by atoms with Crippen LogP contribution in [0.5, 0.6) is 0 Å². The molecule has 1 amide bonds.